The van der Waals surface area contributed by atoms with E-state index >= 15 is 0 Å². The lowest BCUT2D eigenvalue weighted by Crippen LogP contribution is -2.08. The van der Waals surface area contributed by atoms with Crippen molar-refractivity contribution in [1.29, 1.82) is 0 Å². The quantitative estimate of drug-likeness (QED) is 0.868. The lowest BCUT2D eigenvalue weighted by Gasteiger charge is -2.04. The lowest BCUT2D eigenvalue weighted by atomic mass is 10.3. The molecule has 21 heavy (non-hydrogen) atoms. The Balaban J connectivity index is 1.65. The zero-order valence-corrected chi connectivity index (χ0v) is 12.6. The number of thioether (sulfide) groups is 1. The summed E-state index contributed by atoms with van der Waals surface area (Å²) in [4.78, 5) is 16.5. The molecular formula is C16H17N3OS. The first kappa shape index (κ1) is 13.1. The highest BCUT2D eigenvalue weighted by molar-refractivity contribution is 8.00. The molecule has 2 saturated carbocycles. The molecule has 1 unspecified atom stereocenters. The number of benzene rings is 1. The van der Waals surface area contributed by atoms with Crippen LogP contribution in [0.15, 0.2) is 35.5 Å². The summed E-state index contributed by atoms with van der Waals surface area (Å²) in [5.74, 6) is 1.93. The maximum absolute atomic E-state index is 11.8. The van der Waals surface area contributed by atoms with E-state index in [4.69, 9.17) is 4.98 Å². The van der Waals surface area contributed by atoms with Crippen molar-refractivity contribution in [3.63, 3.8) is 0 Å². The van der Waals surface area contributed by atoms with Crippen molar-refractivity contribution >= 4 is 17.5 Å². The molecular weight excluding hydrogens is 282 g/mol. The summed E-state index contributed by atoms with van der Waals surface area (Å²) in [5, 5.41) is 5.47. The second kappa shape index (κ2) is 5.30. The molecule has 5 heteroatoms. The van der Waals surface area contributed by atoms with Crippen molar-refractivity contribution in [2.24, 2.45) is 0 Å². The molecule has 0 aliphatic heterocycles. The Morgan fingerprint density at radius 1 is 1.14 bits per heavy atom. The van der Waals surface area contributed by atoms with Crippen molar-refractivity contribution < 1.29 is 4.79 Å². The average molecular weight is 299 g/mol. The predicted molar refractivity (Wildman–Crippen MR) is 81.8 cm³/mol. The fourth-order valence-corrected chi connectivity index (χ4v) is 3.82. The minimum Gasteiger partial charge on any atom is -0.298 e. The number of ketones is 1. The fourth-order valence-electron chi connectivity index (χ4n) is 2.75. The van der Waals surface area contributed by atoms with Gasteiger partial charge in [-0.25, -0.2) is 9.67 Å². The minimum absolute atomic E-state index is 0.0590. The molecule has 1 aromatic carbocycles. The van der Waals surface area contributed by atoms with Crippen LogP contribution in [0, 0.1) is 0 Å². The molecule has 0 bridgehead atoms. The Morgan fingerprint density at radius 2 is 1.95 bits per heavy atom. The Bertz CT molecular complexity index is 663. The van der Waals surface area contributed by atoms with E-state index < -0.39 is 0 Å². The van der Waals surface area contributed by atoms with Gasteiger partial charge in [0.2, 0.25) is 5.16 Å². The van der Waals surface area contributed by atoms with Gasteiger partial charge in [0.25, 0.3) is 0 Å². The largest absolute Gasteiger partial charge is 0.298 e. The molecule has 2 aliphatic carbocycles. The van der Waals surface area contributed by atoms with E-state index in [0.29, 0.717) is 18.1 Å². The number of rotatable bonds is 4. The molecule has 1 heterocycles. The summed E-state index contributed by atoms with van der Waals surface area (Å²) < 4.78 is 1.96. The molecule has 0 N–H and O–H groups in total. The Hall–Kier alpha value is -1.62. The minimum atomic E-state index is 0.0590. The summed E-state index contributed by atoms with van der Waals surface area (Å²) in [5.41, 5.74) is 1.05. The van der Waals surface area contributed by atoms with Gasteiger partial charge in [-0.15, -0.1) is 5.10 Å². The fraction of sp³-hybridized carbons (Fsp3) is 0.438. The number of hydrogen-bond donors (Lipinski definition) is 0. The highest BCUT2D eigenvalue weighted by Crippen LogP contribution is 2.41. The van der Waals surface area contributed by atoms with Crippen molar-refractivity contribution in [3.05, 3.63) is 36.2 Å². The van der Waals surface area contributed by atoms with Crippen LogP contribution < -0.4 is 0 Å². The number of carbonyl (C=O) groups excluding carboxylic acids is 1. The van der Waals surface area contributed by atoms with Crippen LogP contribution in [0.1, 0.15) is 43.8 Å². The molecule has 0 amide bonds. The molecule has 1 aromatic heterocycles. The van der Waals surface area contributed by atoms with Crippen molar-refractivity contribution in [1.82, 2.24) is 14.8 Å². The van der Waals surface area contributed by atoms with Crippen molar-refractivity contribution in [3.8, 4) is 5.69 Å². The van der Waals surface area contributed by atoms with Crippen LogP contribution in [0.2, 0.25) is 0 Å². The van der Waals surface area contributed by atoms with Crippen LogP contribution in [0.3, 0.4) is 0 Å². The molecule has 4 nitrogen and oxygen atoms in total. The molecule has 2 aromatic rings. The third-order valence-electron chi connectivity index (χ3n) is 4.05. The normalized spacial score (nSPS) is 21.9. The number of para-hydroxylation sites is 1. The van der Waals surface area contributed by atoms with Gasteiger partial charge in [0.15, 0.2) is 0 Å². The number of carbonyl (C=O) groups is 1. The van der Waals surface area contributed by atoms with E-state index in [1.54, 1.807) is 11.8 Å². The van der Waals surface area contributed by atoms with E-state index in [1.165, 1.54) is 12.8 Å². The van der Waals surface area contributed by atoms with Crippen molar-refractivity contribution in [2.75, 3.05) is 0 Å². The van der Waals surface area contributed by atoms with Crippen LogP contribution in [0.4, 0.5) is 0 Å². The maximum Gasteiger partial charge on any atom is 0.209 e. The highest BCUT2D eigenvalue weighted by atomic mass is 32.2. The van der Waals surface area contributed by atoms with Gasteiger partial charge in [-0.1, -0.05) is 30.0 Å². The van der Waals surface area contributed by atoms with Gasteiger partial charge in [0.1, 0.15) is 11.6 Å². The Morgan fingerprint density at radius 3 is 2.62 bits per heavy atom. The molecule has 0 radical (unpaired) electrons. The van der Waals surface area contributed by atoms with Crippen molar-refractivity contribution in [2.45, 2.75) is 48.4 Å². The molecule has 2 fully saturated rings. The van der Waals surface area contributed by atoms with E-state index in [1.807, 2.05) is 22.9 Å². The Labute approximate surface area is 128 Å². The Kier molecular flexibility index (Phi) is 3.30. The third-order valence-corrected chi connectivity index (χ3v) is 5.22. The summed E-state index contributed by atoms with van der Waals surface area (Å²) in [7, 11) is 0. The average Bonchev–Trinajstić information content (AvgIpc) is 3.16. The molecule has 2 aliphatic rings. The number of nitrogens with zero attached hydrogens (tertiary/aromatic N) is 3. The van der Waals surface area contributed by atoms with Gasteiger partial charge >= 0.3 is 0 Å². The predicted octanol–water partition coefficient (Wildman–Crippen LogP) is 3.36. The highest BCUT2D eigenvalue weighted by Gasteiger charge is 2.32. The number of Topliss-reactive ketones (excluding diaryl/α,β-unsaturated/α-hetero) is 1. The van der Waals surface area contributed by atoms with Gasteiger partial charge in [-0.05, 0) is 37.8 Å². The first-order chi connectivity index (χ1) is 10.3. The van der Waals surface area contributed by atoms with E-state index in [0.717, 1.165) is 29.5 Å². The molecule has 1 atom stereocenters. The first-order valence-electron chi connectivity index (χ1n) is 7.53. The standard InChI is InChI=1S/C16H17N3OS/c20-13-7-4-8-14(13)21-16-17-15(11-9-10-11)19(18-16)12-5-2-1-3-6-12/h1-3,5-6,11,14H,4,7-10H2. The summed E-state index contributed by atoms with van der Waals surface area (Å²) in [6.07, 6.45) is 5.07. The molecule has 0 spiro atoms. The smallest absolute Gasteiger partial charge is 0.209 e. The maximum atomic E-state index is 11.8. The van der Waals surface area contributed by atoms with E-state index in [9.17, 15) is 4.79 Å². The van der Waals surface area contributed by atoms with Gasteiger partial charge in [0.05, 0.1) is 10.9 Å². The van der Waals surface area contributed by atoms with Gasteiger partial charge < -0.3 is 0 Å². The van der Waals surface area contributed by atoms with E-state index in [-0.39, 0.29) is 5.25 Å². The molecule has 0 saturated heterocycles. The van der Waals surface area contributed by atoms with Crippen LogP contribution in [-0.4, -0.2) is 25.8 Å². The monoisotopic (exact) mass is 299 g/mol. The first-order valence-corrected chi connectivity index (χ1v) is 8.41. The summed E-state index contributed by atoms with van der Waals surface area (Å²) in [6, 6.07) is 10.1. The lowest BCUT2D eigenvalue weighted by molar-refractivity contribution is -0.116. The van der Waals surface area contributed by atoms with Crippen LogP contribution >= 0.6 is 11.8 Å². The van der Waals surface area contributed by atoms with Crippen LogP contribution in [0.5, 0.6) is 0 Å². The molecule has 4 rings (SSSR count). The zero-order valence-electron chi connectivity index (χ0n) is 11.7. The van der Waals surface area contributed by atoms with Crippen LogP contribution in [0.25, 0.3) is 5.69 Å². The van der Waals surface area contributed by atoms with Gasteiger partial charge in [0, 0.05) is 12.3 Å². The van der Waals surface area contributed by atoms with E-state index in [2.05, 4.69) is 17.2 Å². The second-order valence-electron chi connectivity index (χ2n) is 5.74. The number of aromatic nitrogens is 3. The zero-order chi connectivity index (χ0) is 14.2. The second-order valence-corrected chi connectivity index (χ2v) is 6.91. The van der Waals surface area contributed by atoms with Crippen LogP contribution in [-0.2, 0) is 4.79 Å². The SMILES string of the molecule is O=C1CCCC1Sc1nc(C2CC2)n(-c2ccccc2)n1. The van der Waals surface area contributed by atoms with Gasteiger partial charge in [-0.3, -0.25) is 4.79 Å². The number of hydrogen-bond acceptors (Lipinski definition) is 4. The summed E-state index contributed by atoms with van der Waals surface area (Å²) >= 11 is 1.54. The summed E-state index contributed by atoms with van der Waals surface area (Å²) in [6.45, 7) is 0. The molecule has 108 valence electrons. The topological polar surface area (TPSA) is 47.8 Å². The van der Waals surface area contributed by atoms with Gasteiger partial charge in [-0.2, -0.15) is 0 Å². The third kappa shape index (κ3) is 2.62.